The van der Waals surface area contributed by atoms with Gasteiger partial charge in [0.25, 0.3) is 5.56 Å². The second kappa shape index (κ2) is 10.8. The maximum Gasteiger partial charge on any atom is 0.259 e. The van der Waals surface area contributed by atoms with E-state index in [1.54, 1.807) is 6.33 Å². The van der Waals surface area contributed by atoms with Crippen LogP contribution in [0.4, 0.5) is 0 Å². The Balaban J connectivity index is 1.34. The topological polar surface area (TPSA) is 94.4 Å². The number of aromatic nitrogens is 4. The zero-order valence-electron chi connectivity index (χ0n) is 22.8. The molecule has 1 saturated heterocycles. The summed E-state index contributed by atoms with van der Waals surface area (Å²) in [6, 6.07) is 18.0. The molecule has 2 aromatic heterocycles. The van der Waals surface area contributed by atoms with Crippen LogP contribution in [-0.2, 0) is 22.3 Å². The van der Waals surface area contributed by atoms with Crippen LogP contribution >= 0.6 is 0 Å². The Morgan fingerprint density at radius 3 is 2.52 bits per heavy atom. The largest absolute Gasteiger partial charge is 0.346 e. The van der Waals surface area contributed by atoms with E-state index < -0.39 is 5.79 Å². The molecule has 8 heteroatoms. The van der Waals surface area contributed by atoms with Gasteiger partial charge in [0, 0.05) is 30.9 Å². The van der Waals surface area contributed by atoms with Gasteiger partial charge in [0.2, 0.25) is 5.78 Å². The predicted octanol–water partition coefficient (Wildman–Crippen LogP) is 5.39. The fraction of sp³-hybridized carbons (Fsp3) is 0.375. The molecule has 40 heavy (non-hydrogen) atoms. The Labute approximate surface area is 233 Å². The fourth-order valence-corrected chi connectivity index (χ4v) is 6.06. The highest BCUT2D eigenvalue weighted by Crippen LogP contribution is 2.40. The third kappa shape index (κ3) is 4.76. The summed E-state index contributed by atoms with van der Waals surface area (Å²) in [6.45, 7) is 7.12. The van der Waals surface area contributed by atoms with Gasteiger partial charge in [0.15, 0.2) is 5.79 Å². The number of benzene rings is 2. The van der Waals surface area contributed by atoms with Crippen molar-refractivity contribution in [2.24, 2.45) is 0 Å². The molecule has 2 fully saturated rings. The van der Waals surface area contributed by atoms with E-state index in [4.69, 9.17) is 9.47 Å². The van der Waals surface area contributed by atoms with Crippen molar-refractivity contribution < 1.29 is 9.47 Å². The number of rotatable bonds is 6. The standard InChI is InChI=1S/C32H33N5O3/c1-3-6-29-28(17-23-9-11-24(12-10-23)27-8-5-4-7-25(27)18-33)30(38)36(31-34-21-35-37(29)31)26-13-15-32(16-14-26)39-19-22(2)20-40-32/h4-5,7-12,21,26H,2-3,6,13-17,19-20H2,1H3. The molecule has 0 radical (unpaired) electrons. The lowest BCUT2D eigenvalue weighted by atomic mass is 9.89. The summed E-state index contributed by atoms with van der Waals surface area (Å²) in [5, 5.41) is 14.1. The number of nitrogens with zero attached hydrogens (tertiary/aromatic N) is 5. The maximum absolute atomic E-state index is 14.2. The zero-order chi connectivity index (χ0) is 27.7. The van der Waals surface area contributed by atoms with Gasteiger partial charge in [0.1, 0.15) is 6.33 Å². The van der Waals surface area contributed by atoms with Gasteiger partial charge in [0.05, 0.1) is 30.5 Å². The van der Waals surface area contributed by atoms with Gasteiger partial charge in [-0.3, -0.25) is 9.36 Å². The molecule has 0 amide bonds. The lowest BCUT2D eigenvalue weighted by Gasteiger charge is -2.43. The van der Waals surface area contributed by atoms with Crippen LogP contribution in [0.3, 0.4) is 0 Å². The number of ether oxygens (including phenoxy) is 2. The van der Waals surface area contributed by atoms with E-state index in [0.29, 0.717) is 31.0 Å². The monoisotopic (exact) mass is 535 g/mol. The van der Waals surface area contributed by atoms with Crippen LogP contribution in [0, 0.1) is 11.3 Å². The number of hydrogen-bond acceptors (Lipinski definition) is 6. The first-order valence-corrected chi connectivity index (χ1v) is 14.0. The molecule has 0 unspecified atom stereocenters. The Morgan fingerprint density at radius 2 is 1.82 bits per heavy atom. The zero-order valence-corrected chi connectivity index (χ0v) is 22.8. The van der Waals surface area contributed by atoms with Crippen LogP contribution in [0.2, 0.25) is 0 Å². The third-order valence-corrected chi connectivity index (χ3v) is 8.17. The molecule has 3 heterocycles. The number of aryl methyl sites for hydroxylation is 1. The van der Waals surface area contributed by atoms with Gasteiger partial charge in [-0.25, -0.2) is 4.52 Å². The molecule has 204 valence electrons. The van der Waals surface area contributed by atoms with Gasteiger partial charge in [-0.15, -0.1) is 0 Å². The van der Waals surface area contributed by atoms with Gasteiger partial charge in [-0.05, 0) is 47.6 Å². The minimum absolute atomic E-state index is 0.00246. The lowest BCUT2D eigenvalue weighted by molar-refractivity contribution is -0.266. The highest BCUT2D eigenvalue weighted by Gasteiger charge is 2.41. The van der Waals surface area contributed by atoms with E-state index in [1.807, 2.05) is 57.6 Å². The van der Waals surface area contributed by atoms with Crippen molar-refractivity contribution >= 4 is 5.78 Å². The molecular formula is C32H33N5O3. The van der Waals surface area contributed by atoms with Gasteiger partial charge < -0.3 is 9.47 Å². The van der Waals surface area contributed by atoms with Crippen molar-refractivity contribution in [2.45, 2.75) is 63.7 Å². The van der Waals surface area contributed by atoms with Crippen molar-refractivity contribution in [3.8, 4) is 17.2 Å². The van der Waals surface area contributed by atoms with Crippen molar-refractivity contribution in [3.63, 3.8) is 0 Å². The molecule has 6 rings (SSSR count). The maximum atomic E-state index is 14.2. The molecule has 0 bridgehead atoms. The molecule has 1 spiro atoms. The van der Waals surface area contributed by atoms with Crippen molar-refractivity contribution in [2.75, 3.05) is 13.2 Å². The minimum Gasteiger partial charge on any atom is -0.346 e. The van der Waals surface area contributed by atoms with E-state index in [9.17, 15) is 10.1 Å². The highest BCUT2D eigenvalue weighted by atomic mass is 16.7. The van der Waals surface area contributed by atoms with Crippen LogP contribution in [-0.4, -0.2) is 38.2 Å². The first-order chi connectivity index (χ1) is 19.5. The lowest BCUT2D eigenvalue weighted by Crippen LogP contribution is -2.45. The van der Waals surface area contributed by atoms with Gasteiger partial charge in [-0.1, -0.05) is 62.4 Å². The Morgan fingerprint density at radius 1 is 1.10 bits per heavy atom. The molecule has 0 N–H and O–H groups in total. The van der Waals surface area contributed by atoms with Crippen LogP contribution < -0.4 is 5.56 Å². The second-order valence-electron chi connectivity index (χ2n) is 10.8. The number of fused-ring (bicyclic) bond motifs is 1. The van der Waals surface area contributed by atoms with E-state index in [1.165, 1.54) is 0 Å². The van der Waals surface area contributed by atoms with Gasteiger partial charge >= 0.3 is 0 Å². The molecule has 2 aliphatic rings. The van der Waals surface area contributed by atoms with Crippen molar-refractivity contribution in [1.82, 2.24) is 19.2 Å². The number of nitriles is 1. The summed E-state index contributed by atoms with van der Waals surface area (Å²) in [5.74, 6) is 0.0165. The van der Waals surface area contributed by atoms with Crippen molar-refractivity contribution in [3.05, 3.63) is 99.7 Å². The summed E-state index contributed by atoms with van der Waals surface area (Å²) in [4.78, 5) is 18.8. The molecule has 8 nitrogen and oxygen atoms in total. The van der Waals surface area contributed by atoms with Crippen LogP contribution in [0.25, 0.3) is 16.9 Å². The van der Waals surface area contributed by atoms with Crippen molar-refractivity contribution in [1.29, 1.82) is 5.26 Å². The first-order valence-electron chi connectivity index (χ1n) is 14.0. The molecule has 0 atom stereocenters. The molecular weight excluding hydrogens is 502 g/mol. The quantitative estimate of drug-likeness (QED) is 0.308. The van der Waals surface area contributed by atoms with Crippen LogP contribution in [0.5, 0.6) is 0 Å². The summed E-state index contributed by atoms with van der Waals surface area (Å²) in [6.07, 6.45) is 6.61. The Hall–Kier alpha value is -4.06. The Kier molecular flexibility index (Phi) is 7.09. The smallest absolute Gasteiger partial charge is 0.259 e. The fourth-order valence-electron chi connectivity index (χ4n) is 6.06. The third-order valence-electron chi connectivity index (χ3n) is 8.17. The average Bonchev–Trinajstić information content (AvgIpc) is 3.47. The summed E-state index contributed by atoms with van der Waals surface area (Å²) in [5.41, 5.74) is 6.18. The average molecular weight is 536 g/mol. The van der Waals surface area contributed by atoms with Crippen LogP contribution in [0.15, 0.2) is 71.8 Å². The SMILES string of the molecule is C=C1COC2(CCC(n3c(=O)c(Cc4ccc(-c5ccccc5C#N)cc4)c(CCC)n4ncnc34)CC2)OC1. The van der Waals surface area contributed by atoms with Gasteiger partial charge in [-0.2, -0.15) is 15.3 Å². The predicted molar refractivity (Wildman–Crippen MR) is 152 cm³/mol. The van der Waals surface area contributed by atoms with E-state index in [-0.39, 0.29) is 11.6 Å². The molecule has 2 aromatic carbocycles. The summed E-state index contributed by atoms with van der Waals surface area (Å²) < 4.78 is 15.8. The molecule has 1 aliphatic heterocycles. The summed E-state index contributed by atoms with van der Waals surface area (Å²) in [7, 11) is 0. The van der Waals surface area contributed by atoms with E-state index >= 15 is 0 Å². The van der Waals surface area contributed by atoms with E-state index in [0.717, 1.165) is 72.0 Å². The molecule has 1 saturated carbocycles. The van der Waals surface area contributed by atoms with Crippen LogP contribution in [0.1, 0.15) is 67.5 Å². The molecule has 4 aromatic rings. The first kappa shape index (κ1) is 26.2. The second-order valence-corrected chi connectivity index (χ2v) is 10.8. The van der Waals surface area contributed by atoms with E-state index in [2.05, 4.69) is 29.7 Å². The summed E-state index contributed by atoms with van der Waals surface area (Å²) >= 11 is 0. The minimum atomic E-state index is -0.581. The normalized spacial score (nSPS) is 17.4. The Bertz CT molecular complexity index is 1640. The number of hydrogen-bond donors (Lipinski definition) is 0. The molecule has 1 aliphatic carbocycles. The highest BCUT2D eigenvalue weighted by molar-refractivity contribution is 5.70.